The molecule has 12 rings (SSSR count). The molecule has 10 aromatic carbocycles. The van der Waals surface area contributed by atoms with Crippen LogP contribution < -0.4 is 0 Å². The summed E-state index contributed by atoms with van der Waals surface area (Å²) < 4.78 is 2.41. The molecule has 2 heterocycles. The Morgan fingerprint density at radius 2 is 0.836 bits per heavy atom. The normalized spacial score (nSPS) is 11.6. The van der Waals surface area contributed by atoms with Crippen LogP contribution in [0.25, 0.3) is 120 Å². The van der Waals surface area contributed by atoms with Gasteiger partial charge in [-0.2, -0.15) is 0 Å². The molecule has 3 nitrogen and oxygen atoms in total. The molecule has 0 bridgehead atoms. The second-order valence-corrected chi connectivity index (χ2v) is 16.6. The predicted octanol–water partition coefficient (Wildman–Crippen LogP) is 15.7. The fourth-order valence-corrected chi connectivity index (χ4v) is 10.2. The van der Waals surface area contributed by atoms with Gasteiger partial charge in [-0.15, -0.1) is 11.3 Å². The first kappa shape index (κ1) is 35.2. The molecular weight excluding hydrogens is 759 g/mol. The highest BCUT2D eigenvalue weighted by atomic mass is 32.1. The molecule has 0 amide bonds. The second kappa shape index (κ2) is 14.5. The van der Waals surface area contributed by atoms with Gasteiger partial charge in [0.1, 0.15) is 0 Å². The van der Waals surface area contributed by atoms with Crippen molar-refractivity contribution in [3.05, 3.63) is 212 Å². The van der Waals surface area contributed by atoms with Crippen LogP contribution in [0.1, 0.15) is 0 Å². The van der Waals surface area contributed by atoms with Crippen LogP contribution in [0.3, 0.4) is 0 Å². The van der Waals surface area contributed by atoms with Crippen LogP contribution in [0.4, 0.5) is 0 Å². The minimum atomic E-state index is 0.638. The van der Waals surface area contributed by atoms with Crippen LogP contribution in [0.5, 0.6) is 0 Å². The summed E-state index contributed by atoms with van der Waals surface area (Å²) in [6.07, 6.45) is 0. The fraction of sp³-hybridized carbons (Fsp3) is 0. The quantitative estimate of drug-likeness (QED) is 0.168. The van der Waals surface area contributed by atoms with Gasteiger partial charge in [-0.3, -0.25) is 0 Å². The molecule has 284 valence electrons. The van der Waals surface area contributed by atoms with Gasteiger partial charge in [0.05, 0.1) is 0 Å². The van der Waals surface area contributed by atoms with Gasteiger partial charge < -0.3 is 0 Å². The average molecular weight is 794 g/mol. The van der Waals surface area contributed by atoms with E-state index in [2.05, 4.69) is 212 Å². The van der Waals surface area contributed by atoms with Crippen LogP contribution >= 0.6 is 11.3 Å². The maximum Gasteiger partial charge on any atom is 0.165 e. The fourth-order valence-electron chi connectivity index (χ4n) is 8.99. The van der Waals surface area contributed by atoms with Gasteiger partial charge in [-0.25, -0.2) is 15.0 Å². The van der Waals surface area contributed by atoms with Crippen molar-refractivity contribution in [2.24, 2.45) is 0 Å². The zero-order valence-electron chi connectivity index (χ0n) is 33.0. The minimum absolute atomic E-state index is 0.638. The lowest BCUT2D eigenvalue weighted by Crippen LogP contribution is -2.02. The Bertz CT molecular complexity index is 3650. The minimum Gasteiger partial charge on any atom is -0.208 e. The summed E-state index contributed by atoms with van der Waals surface area (Å²) in [7, 11) is 0. The van der Waals surface area contributed by atoms with Crippen molar-refractivity contribution in [1.82, 2.24) is 15.0 Å². The molecule has 61 heavy (non-hydrogen) atoms. The highest BCUT2D eigenvalue weighted by Gasteiger charge is 2.22. The molecular formula is C57H35N3S. The smallest absolute Gasteiger partial charge is 0.165 e. The molecule has 0 saturated heterocycles. The lowest BCUT2D eigenvalue weighted by Gasteiger charge is -2.16. The zero-order chi connectivity index (χ0) is 40.3. The predicted molar refractivity (Wildman–Crippen MR) is 258 cm³/mol. The summed E-state index contributed by atoms with van der Waals surface area (Å²) in [5.41, 5.74) is 9.88. The van der Waals surface area contributed by atoms with Gasteiger partial charge in [-0.05, 0) is 96.0 Å². The SMILES string of the molecule is c1ccc(-c2ccc3ccc(-c4ccc(-c5nc(-c6c(-c7ccccc7)ccc7ccccc67)nc(-c6cccc7c6sc6ccccc67)n5)c5ccccc45)cc3c2)cc1. The van der Waals surface area contributed by atoms with Gasteiger partial charge >= 0.3 is 0 Å². The van der Waals surface area contributed by atoms with Crippen molar-refractivity contribution in [3.63, 3.8) is 0 Å². The van der Waals surface area contributed by atoms with E-state index in [1.807, 2.05) is 0 Å². The average Bonchev–Trinajstić information content (AvgIpc) is 3.72. The molecule has 0 radical (unpaired) electrons. The van der Waals surface area contributed by atoms with E-state index in [9.17, 15) is 0 Å². The summed E-state index contributed by atoms with van der Waals surface area (Å²) >= 11 is 1.79. The first-order valence-corrected chi connectivity index (χ1v) is 21.4. The number of hydrogen-bond donors (Lipinski definition) is 0. The van der Waals surface area contributed by atoms with Crippen molar-refractivity contribution in [2.45, 2.75) is 0 Å². The van der Waals surface area contributed by atoms with Crippen molar-refractivity contribution >= 4 is 63.8 Å². The zero-order valence-corrected chi connectivity index (χ0v) is 33.8. The van der Waals surface area contributed by atoms with Gasteiger partial charge in [0.15, 0.2) is 17.5 Å². The number of hydrogen-bond acceptors (Lipinski definition) is 4. The number of aromatic nitrogens is 3. The number of rotatable bonds is 6. The number of thiophene rings is 1. The first-order valence-electron chi connectivity index (χ1n) is 20.6. The molecule has 0 aliphatic heterocycles. The molecule has 0 unspecified atom stereocenters. The molecule has 12 aromatic rings. The number of fused-ring (bicyclic) bond motifs is 6. The Balaban J connectivity index is 1.10. The monoisotopic (exact) mass is 793 g/mol. The molecule has 0 fully saturated rings. The van der Waals surface area contributed by atoms with E-state index in [1.54, 1.807) is 11.3 Å². The maximum absolute atomic E-state index is 5.47. The van der Waals surface area contributed by atoms with E-state index >= 15 is 0 Å². The van der Waals surface area contributed by atoms with Gasteiger partial charge in [0, 0.05) is 36.9 Å². The maximum atomic E-state index is 5.47. The number of benzene rings is 10. The summed E-state index contributed by atoms with van der Waals surface area (Å²) in [4.78, 5) is 16.3. The second-order valence-electron chi connectivity index (χ2n) is 15.5. The van der Waals surface area contributed by atoms with E-state index in [-0.39, 0.29) is 0 Å². The topological polar surface area (TPSA) is 38.7 Å². The molecule has 0 aliphatic carbocycles. The third-order valence-corrected chi connectivity index (χ3v) is 13.2. The standard InChI is InChI=1S/C57H35N3S/c1-3-14-36(15-4-1)40-28-26-37-27-29-41(35-42(37)34-40)43-32-33-50(47-21-10-9-20-46(43)47)55-58-56(51-24-13-23-49-48-22-11-12-25-52(48)61-54(49)51)60-57(59-55)53-44-19-8-7-18-39(44)30-31-45(53)38-16-5-2-6-17-38/h1-35H. The van der Waals surface area contributed by atoms with E-state index in [0.29, 0.717) is 17.5 Å². The van der Waals surface area contributed by atoms with Gasteiger partial charge in [0.25, 0.3) is 0 Å². The van der Waals surface area contributed by atoms with Crippen molar-refractivity contribution in [3.8, 4) is 67.5 Å². The molecule has 2 aromatic heterocycles. The highest BCUT2D eigenvalue weighted by molar-refractivity contribution is 7.26. The molecule has 0 N–H and O–H groups in total. The molecule has 0 atom stereocenters. The summed E-state index contributed by atoms with van der Waals surface area (Å²) in [6, 6.07) is 75.8. The van der Waals surface area contributed by atoms with Crippen LogP contribution in [0, 0.1) is 0 Å². The third kappa shape index (κ3) is 6.07. The Morgan fingerprint density at radius 3 is 1.64 bits per heavy atom. The van der Waals surface area contributed by atoms with E-state index in [4.69, 9.17) is 15.0 Å². The summed E-state index contributed by atoms with van der Waals surface area (Å²) in [6.45, 7) is 0. The van der Waals surface area contributed by atoms with Crippen LogP contribution in [0.2, 0.25) is 0 Å². The molecule has 0 spiro atoms. The molecule has 0 aliphatic rings. The van der Waals surface area contributed by atoms with Crippen molar-refractivity contribution < 1.29 is 0 Å². The Morgan fingerprint density at radius 1 is 0.279 bits per heavy atom. The highest BCUT2D eigenvalue weighted by Crippen LogP contribution is 2.43. The molecule has 4 heteroatoms. The Kier molecular flexibility index (Phi) is 8.36. The van der Waals surface area contributed by atoms with Crippen molar-refractivity contribution in [2.75, 3.05) is 0 Å². The Labute approximate surface area is 356 Å². The number of nitrogens with zero attached hydrogens (tertiary/aromatic N) is 3. The van der Waals surface area contributed by atoms with Crippen LogP contribution in [0.15, 0.2) is 212 Å². The van der Waals surface area contributed by atoms with Gasteiger partial charge in [0.2, 0.25) is 0 Å². The summed E-state index contributed by atoms with van der Waals surface area (Å²) in [5, 5.41) is 9.33. The summed E-state index contributed by atoms with van der Waals surface area (Å²) in [5.74, 6) is 1.94. The first-order chi connectivity index (χ1) is 30.2. The molecule has 0 saturated carbocycles. The van der Waals surface area contributed by atoms with Crippen LogP contribution in [-0.4, -0.2) is 15.0 Å². The van der Waals surface area contributed by atoms with Crippen molar-refractivity contribution in [1.29, 1.82) is 0 Å². The largest absolute Gasteiger partial charge is 0.208 e. The van der Waals surface area contributed by atoms with E-state index in [1.165, 1.54) is 42.1 Å². The van der Waals surface area contributed by atoms with Crippen LogP contribution in [-0.2, 0) is 0 Å². The lowest BCUT2D eigenvalue weighted by molar-refractivity contribution is 1.08. The van der Waals surface area contributed by atoms with E-state index < -0.39 is 0 Å². The Hall–Kier alpha value is -7.79. The lowest BCUT2D eigenvalue weighted by atomic mass is 9.92. The third-order valence-electron chi connectivity index (χ3n) is 11.9. The van der Waals surface area contributed by atoms with E-state index in [0.717, 1.165) is 60.5 Å². The van der Waals surface area contributed by atoms with Gasteiger partial charge in [-0.1, -0.05) is 182 Å².